The number of halogens is 4. The Labute approximate surface area is 237 Å². The van der Waals surface area contributed by atoms with Gasteiger partial charge in [-0.05, 0) is 25.3 Å². The molecule has 4 aromatic rings. The van der Waals surface area contributed by atoms with E-state index in [1.165, 1.54) is 6.20 Å². The molecule has 10 nitrogen and oxygen atoms in total. The van der Waals surface area contributed by atoms with Gasteiger partial charge in [-0.15, -0.1) is 0 Å². The number of amides is 1. The van der Waals surface area contributed by atoms with Gasteiger partial charge < -0.3 is 5.32 Å². The van der Waals surface area contributed by atoms with E-state index in [1.54, 1.807) is 23.3 Å². The molecule has 1 aliphatic carbocycles. The molecule has 1 N–H and O–H groups in total. The molecule has 14 heteroatoms. The summed E-state index contributed by atoms with van der Waals surface area (Å²) in [6, 6.07) is 1.76. The number of nitrogens with zero attached hydrogens (tertiary/aromatic N) is 8. The molecule has 4 atom stereocenters. The summed E-state index contributed by atoms with van der Waals surface area (Å²) in [4.78, 5) is 35.5. The predicted molar refractivity (Wildman–Crippen MR) is 143 cm³/mol. The van der Waals surface area contributed by atoms with Crippen molar-refractivity contribution in [3.63, 3.8) is 0 Å². The maximum absolute atomic E-state index is 14.7. The number of hydrogen-bond acceptors (Lipinski definition) is 7. The lowest BCUT2D eigenvalue weighted by Crippen LogP contribution is -2.32. The number of carbonyl (C=O) groups is 1. The Hall–Kier alpha value is -4.57. The minimum Gasteiger partial charge on any atom is -0.318 e. The van der Waals surface area contributed by atoms with Gasteiger partial charge in [0.15, 0.2) is 5.82 Å². The van der Waals surface area contributed by atoms with Gasteiger partial charge in [-0.3, -0.25) is 24.2 Å². The Balaban J connectivity index is 1.16. The minimum absolute atomic E-state index is 0.207. The molecule has 3 aromatic heterocycles. The number of benzene rings is 1. The van der Waals surface area contributed by atoms with Gasteiger partial charge in [-0.25, -0.2) is 34.7 Å². The molecule has 1 amide bonds. The summed E-state index contributed by atoms with van der Waals surface area (Å²) in [6.45, 7) is 10.2. The molecule has 1 saturated heterocycles. The third-order valence-corrected chi connectivity index (χ3v) is 7.67. The molecule has 0 spiro atoms. The zero-order valence-corrected chi connectivity index (χ0v) is 22.2. The monoisotopic (exact) mass is 579 g/mol. The van der Waals surface area contributed by atoms with E-state index < -0.39 is 29.3 Å². The fourth-order valence-electron chi connectivity index (χ4n) is 5.06. The van der Waals surface area contributed by atoms with E-state index in [9.17, 15) is 18.0 Å². The molecular weight excluding hydrogens is 559 g/mol. The van der Waals surface area contributed by atoms with Crippen molar-refractivity contribution in [1.29, 1.82) is 0 Å². The van der Waals surface area contributed by atoms with Crippen molar-refractivity contribution in [3.8, 4) is 11.3 Å². The van der Waals surface area contributed by atoms with E-state index in [4.69, 9.17) is 18.2 Å². The van der Waals surface area contributed by atoms with Crippen LogP contribution in [0.15, 0.2) is 49.3 Å². The summed E-state index contributed by atoms with van der Waals surface area (Å²) >= 11 is 5.80. The number of fused-ring (bicyclic) bond motifs is 1. The largest absolute Gasteiger partial charge is 0.318 e. The molecule has 0 radical (unpaired) electrons. The quantitative estimate of drug-likeness (QED) is 0.291. The molecule has 0 bridgehead atoms. The van der Waals surface area contributed by atoms with Crippen LogP contribution in [0.5, 0.6) is 0 Å². The average Bonchev–Trinajstić information content (AvgIpc) is 3.41. The van der Waals surface area contributed by atoms with E-state index in [0.717, 1.165) is 43.1 Å². The van der Waals surface area contributed by atoms with Gasteiger partial charge in [0.05, 0.1) is 47.0 Å². The van der Waals surface area contributed by atoms with Crippen molar-refractivity contribution in [2.24, 2.45) is 11.8 Å². The molecule has 1 saturated carbocycles. The van der Waals surface area contributed by atoms with E-state index in [2.05, 4.69) is 35.2 Å². The lowest BCUT2D eigenvalue weighted by atomic mass is 10.0. The van der Waals surface area contributed by atoms with Gasteiger partial charge in [-0.2, -0.15) is 5.10 Å². The molecule has 6 rings (SSSR count). The number of nitrogens with one attached hydrogen (secondary N) is 1. The Kier molecular flexibility index (Phi) is 6.78. The van der Waals surface area contributed by atoms with Crippen molar-refractivity contribution in [3.05, 3.63) is 88.4 Å². The number of alkyl halides is 2. The van der Waals surface area contributed by atoms with Crippen LogP contribution < -0.4 is 10.2 Å². The summed E-state index contributed by atoms with van der Waals surface area (Å²) in [6.07, 6.45) is 6.54. The van der Waals surface area contributed by atoms with Gasteiger partial charge in [-0.1, -0.05) is 17.7 Å². The van der Waals surface area contributed by atoms with Crippen LogP contribution in [0.25, 0.3) is 16.1 Å². The van der Waals surface area contributed by atoms with Crippen LogP contribution in [0.1, 0.15) is 47.4 Å². The highest BCUT2D eigenvalue weighted by Crippen LogP contribution is 2.50. The number of rotatable bonds is 7. The van der Waals surface area contributed by atoms with Gasteiger partial charge in [0, 0.05) is 41.8 Å². The minimum atomic E-state index is -2.99. The SMILES string of the molecule is [C-]#[N+][C@H]1[C@H]2C[C@H]2CN1c1ncc([C@@H](C)n2cc(NC(=O)c3cncc(-c4c(C(F)F)ccc(Cl)c4F)n3)cn2)cn1. The number of piperidine rings is 1. The van der Waals surface area contributed by atoms with Crippen LogP contribution in [0.4, 0.5) is 24.8 Å². The van der Waals surface area contributed by atoms with E-state index in [0.29, 0.717) is 23.5 Å². The number of carbonyl (C=O) groups excluding carboxylic acids is 1. The number of hydrogen-bond donors (Lipinski definition) is 1. The Morgan fingerprint density at radius 3 is 2.71 bits per heavy atom. The maximum Gasteiger partial charge on any atom is 0.303 e. The van der Waals surface area contributed by atoms with Crippen LogP contribution >= 0.6 is 11.6 Å². The fraction of sp³-hybridized carbons (Fsp3) is 0.296. The first-order chi connectivity index (χ1) is 19.7. The van der Waals surface area contributed by atoms with Crippen molar-refractivity contribution in [1.82, 2.24) is 29.7 Å². The van der Waals surface area contributed by atoms with Crippen molar-refractivity contribution in [2.75, 3.05) is 16.8 Å². The van der Waals surface area contributed by atoms with Crippen LogP contribution in [0, 0.1) is 24.2 Å². The summed E-state index contributed by atoms with van der Waals surface area (Å²) in [7, 11) is 0. The van der Waals surface area contributed by atoms with Gasteiger partial charge in [0.1, 0.15) is 5.69 Å². The molecule has 41 heavy (non-hydrogen) atoms. The molecule has 0 unspecified atom stereocenters. The fourth-order valence-corrected chi connectivity index (χ4v) is 5.22. The highest BCUT2D eigenvalue weighted by molar-refractivity contribution is 6.31. The third-order valence-electron chi connectivity index (χ3n) is 7.38. The molecule has 2 fully saturated rings. The zero-order valence-electron chi connectivity index (χ0n) is 21.4. The predicted octanol–water partition coefficient (Wildman–Crippen LogP) is 5.42. The van der Waals surface area contributed by atoms with Crippen molar-refractivity contribution < 1.29 is 18.0 Å². The topological polar surface area (TPSA) is 106 Å². The smallest absolute Gasteiger partial charge is 0.303 e. The first kappa shape index (κ1) is 26.6. The van der Waals surface area contributed by atoms with E-state index in [1.807, 2.05) is 11.8 Å². The van der Waals surface area contributed by atoms with Gasteiger partial charge in [0.2, 0.25) is 5.95 Å². The molecule has 1 aliphatic heterocycles. The van der Waals surface area contributed by atoms with Gasteiger partial charge >= 0.3 is 6.17 Å². The lowest BCUT2D eigenvalue weighted by Gasteiger charge is -2.19. The standard InChI is InChI=1S/C27H21ClF3N9O/c1-13(15-6-34-27(35-7-15)39-11-14-5-18(14)25(39)32-2)40-12-16(8-36-40)37-26(41)21-10-33-9-20(38-21)22-17(24(30)31)3-4-19(28)23(22)29/h3-4,6-10,12-14,18,24-25H,5,11H2,1H3,(H,37,41)/t13-,14+,18+,25-/m1/s1. The van der Waals surface area contributed by atoms with Crippen LogP contribution in [-0.4, -0.2) is 48.3 Å². The van der Waals surface area contributed by atoms with Crippen LogP contribution in [0.2, 0.25) is 5.02 Å². The highest BCUT2D eigenvalue weighted by atomic mass is 35.5. The summed E-state index contributed by atoms with van der Waals surface area (Å²) in [5, 5.41) is 6.59. The molecular formula is C27H21ClF3N9O. The summed E-state index contributed by atoms with van der Waals surface area (Å²) < 4.78 is 43.4. The molecule has 2 aliphatic rings. The van der Waals surface area contributed by atoms with E-state index in [-0.39, 0.29) is 28.6 Å². The molecule has 208 valence electrons. The normalized spacial score (nSPS) is 20.0. The number of aromatic nitrogens is 6. The second kappa shape index (κ2) is 10.4. The summed E-state index contributed by atoms with van der Waals surface area (Å²) in [5.41, 5.74) is -0.496. The summed E-state index contributed by atoms with van der Waals surface area (Å²) in [5.74, 6) is -0.279. The first-order valence-electron chi connectivity index (χ1n) is 12.6. The number of anilines is 2. The maximum atomic E-state index is 14.7. The third kappa shape index (κ3) is 4.95. The van der Waals surface area contributed by atoms with Crippen LogP contribution in [-0.2, 0) is 0 Å². The van der Waals surface area contributed by atoms with Crippen molar-refractivity contribution >= 4 is 29.1 Å². The van der Waals surface area contributed by atoms with E-state index >= 15 is 0 Å². The molecule has 4 heterocycles. The first-order valence-corrected chi connectivity index (χ1v) is 13.0. The average molecular weight is 580 g/mol. The van der Waals surface area contributed by atoms with Gasteiger partial charge in [0.25, 0.3) is 12.3 Å². The zero-order chi connectivity index (χ0) is 28.8. The Morgan fingerprint density at radius 1 is 1.20 bits per heavy atom. The van der Waals surface area contributed by atoms with Crippen molar-refractivity contribution in [2.45, 2.75) is 32.0 Å². The second-order valence-electron chi connectivity index (χ2n) is 9.93. The second-order valence-corrected chi connectivity index (χ2v) is 10.3. The lowest BCUT2D eigenvalue weighted by molar-refractivity contribution is 0.102. The van der Waals surface area contributed by atoms with Crippen LogP contribution in [0.3, 0.4) is 0 Å². The Morgan fingerprint density at radius 2 is 1.98 bits per heavy atom. The molecule has 1 aromatic carbocycles. The highest BCUT2D eigenvalue weighted by Gasteiger charge is 2.58. The Bertz CT molecular complexity index is 1670.